The molecule has 0 saturated heterocycles. The van der Waals surface area contributed by atoms with E-state index in [2.05, 4.69) is 0 Å². The summed E-state index contributed by atoms with van der Waals surface area (Å²) in [6, 6.07) is 9.65. The van der Waals surface area contributed by atoms with E-state index < -0.39 is 11.6 Å². The Hall–Kier alpha value is -1.55. The maximum absolute atomic E-state index is 13.3. The molecule has 0 fully saturated rings. The van der Waals surface area contributed by atoms with Crippen molar-refractivity contribution in [2.45, 2.75) is 16.7 Å². The van der Waals surface area contributed by atoms with Crippen LogP contribution in [0.4, 0.5) is 14.5 Å². The maximum Gasteiger partial charge on any atom is 0.150 e. The van der Waals surface area contributed by atoms with Gasteiger partial charge in [0, 0.05) is 15.9 Å². The van der Waals surface area contributed by atoms with Crippen LogP contribution in [-0.2, 0) is 0 Å². The van der Waals surface area contributed by atoms with Crippen LogP contribution in [0.3, 0.4) is 0 Å². The Morgan fingerprint density at radius 1 is 1.06 bits per heavy atom. The molecule has 17 heavy (non-hydrogen) atoms. The molecular formula is C13H11F2NS. The number of rotatable bonds is 2. The molecule has 0 aliphatic rings. The fourth-order valence-corrected chi connectivity index (χ4v) is 2.43. The predicted molar refractivity (Wildman–Crippen MR) is 66.1 cm³/mol. The molecule has 0 aromatic heterocycles. The third-order valence-corrected chi connectivity index (χ3v) is 3.61. The summed E-state index contributed by atoms with van der Waals surface area (Å²) in [5.74, 6) is -1.34. The molecule has 0 atom stereocenters. The number of nitrogen functional groups attached to an aromatic ring is 1. The molecule has 2 aromatic carbocycles. The molecule has 1 nitrogen and oxygen atoms in total. The number of halogens is 2. The molecule has 0 radical (unpaired) electrons. The SMILES string of the molecule is Cc1ccccc1Sc1cc(F)cc(F)c1N. The number of hydrogen-bond donors (Lipinski definition) is 1. The van der Waals surface area contributed by atoms with Gasteiger partial charge in [0.1, 0.15) is 11.6 Å². The molecule has 0 amide bonds. The average Bonchev–Trinajstić information content (AvgIpc) is 2.28. The van der Waals surface area contributed by atoms with Gasteiger partial charge in [0.25, 0.3) is 0 Å². The van der Waals surface area contributed by atoms with Crippen molar-refractivity contribution >= 4 is 17.4 Å². The molecule has 0 aliphatic heterocycles. The fraction of sp³-hybridized carbons (Fsp3) is 0.0769. The van der Waals surface area contributed by atoms with Gasteiger partial charge in [0.05, 0.1) is 5.69 Å². The van der Waals surface area contributed by atoms with Crippen molar-refractivity contribution in [1.29, 1.82) is 0 Å². The normalized spacial score (nSPS) is 10.5. The minimum Gasteiger partial charge on any atom is -0.395 e. The van der Waals surface area contributed by atoms with E-state index in [1.165, 1.54) is 17.8 Å². The quantitative estimate of drug-likeness (QED) is 0.816. The fourth-order valence-electron chi connectivity index (χ4n) is 1.44. The highest BCUT2D eigenvalue weighted by molar-refractivity contribution is 7.99. The van der Waals surface area contributed by atoms with Crippen molar-refractivity contribution in [1.82, 2.24) is 0 Å². The highest BCUT2D eigenvalue weighted by Gasteiger charge is 2.10. The van der Waals surface area contributed by atoms with Gasteiger partial charge in [0.2, 0.25) is 0 Å². The minimum absolute atomic E-state index is 0.0142. The lowest BCUT2D eigenvalue weighted by Gasteiger charge is -2.08. The van der Waals surface area contributed by atoms with Crippen LogP contribution in [0, 0.1) is 18.6 Å². The Morgan fingerprint density at radius 3 is 2.47 bits per heavy atom. The summed E-state index contributed by atoms with van der Waals surface area (Å²) in [5.41, 5.74) is 6.62. The number of benzene rings is 2. The molecule has 0 unspecified atom stereocenters. The first-order chi connectivity index (χ1) is 8.08. The molecule has 4 heteroatoms. The number of aryl methyl sites for hydroxylation is 1. The topological polar surface area (TPSA) is 26.0 Å². The Morgan fingerprint density at radius 2 is 1.76 bits per heavy atom. The smallest absolute Gasteiger partial charge is 0.150 e. The van der Waals surface area contributed by atoms with Gasteiger partial charge in [0.15, 0.2) is 0 Å². The Labute approximate surface area is 103 Å². The average molecular weight is 251 g/mol. The van der Waals surface area contributed by atoms with Crippen LogP contribution in [0.5, 0.6) is 0 Å². The van der Waals surface area contributed by atoms with Gasteiger partial charge >= 0.3 is 0 Å². The van der Waals surface area contributed by atoms with E-state index in [-0.39, 0.29) is 5.69 Å². The van der Waals surface area contributed by atoms with Gasteiger partial charge < -0.3 is 5.73 Å². The van der Waals surface area contributed by atoms with E-state index in [9.17, 15) is 8.78 Å². The Bertz CT molecular complexity index is 555. The van der Waals surface area contributed by atoms with E-state index in [4.69, 9.17) is 5.73 Å². The molecule has 88 valence electrons. The number of nitrogens with two attached hydrogens (primary N) is 1. The van der Waals surface area contributed by atoms with Crippen LogP contribution in [0.1, 0.15) is 5.56 Å². The first-order valence-corrected chi connectivity index (χ1v) is 5.87. The van der Waals surface area contributed by atoms with E-state index in [0.29, 0.717) is 4.90 Å². The zero-order chi connectivity index (χ0) is 12.4. The zero-order valence-corrected chi connectivity index (χ0v) is 10.0. The molecule has 0 saturated carbocycles. The van der Waals surface area contributed by atoms with Crippen molar-refractivity contribution in [3.63, 3.8) is 0 Å². The van der Waals surface area contributed by atoms with Gasteiger partial charge in [-0.3, -0.25) is 0 Å². The second kappa shape index (κ2) is 4.75. The summed E-state index contributed by atoms with van der Waals surface area (Å²) in [6.45, 7) is 1.94. The third-order valence-electron chi connectivity index (χ3n) is 2.37. The van der Waals surface area contributed by atoms with E-state index >= 15 is 0 Å². The van der Waals surface area contributed by atoms with E-state index in [1.807, 2.05) is 31.2 Å². The molecule has 0 heterocycles. The highest BCUT2D eigenvalue weighted by Crippen LogP contribution is 2.35. The van der Waals surface area contributed by atoms with Gasteiger partial charge in [-0.25, -0.2) is 8.78 Å². The van der Waals surface area contributed by atoms with Gasteiger partial charge in [-0.1, -0.05) is 30.0 Å². The zero-order valence-electron chi connectivity index (χ0n) is 9.21. The lowest BCUT2D eigenvalue weighted by atomic mass is 10.2. The van der Waals surface area contributed by atoms with Crippen LogP contribution in [-0.4, -0.2) is 0 Å². The molecular weight excluding hydrogens is 240 g/mol. The van der Waals surface area contributed by atoms with Crippen LogP contribution >= 0.6 is 11.8 Å². The number of anilines is 1. The standard InChI is InChI=1S/C13H11F2NS/c1-8-4-2-3-5-11(8)17-12-7-9(14)6-10(15)13(12)16/h2-7H,16H2,1H3. The maximum atomic E-state index is 13.3. The predicted octanol–water partition coefficient (Wildman–Crippen LogP) is 4.01. The summed E-state index contributed by atoms with van der Waals surface area (Å²) in [6.07, 6.45) is 0. The van der Waals surface area contributed by atoms with Crippen LogP contribution in [0.25, 0.3) is 0 Å². The summed E-state index contributed by atoms with van der Waals surface area (Å²) < 4.78 is 26.4. The summed E-state index contributed by atoms with van der Waals surface area (Å²) in [5, 5.41) is 0. The molecule has 2 rings (SSSR count). The van der Waals surface area contributed by atoms with Crippen LogP contribution < -0.4 is 5.73 Å². The van der Waals surface area contributed by atoms with Crippen LogP contribution in [0.15, 0.2) is 46.2 Å². The minimum atomic E-state index is -0.721. The van der Waals surface area contributed by atoms with Crippen molar-refractivity contribution in [2.75, 3.05) is 5.73 Å². The monoisotopic (exact) mass is 251 g/mol. The van der Waals surface area contributed by atoms with E-state index in [1.54, 1.807) is 0 Å². The third kappa shape index (κ3) is 2.58. The molecule has 0 spiro atoms. The molecule has 0 aliphatic carbocycles. The summed E-state index contributed by atoms with van der Waals surface area (Å²) in [7, 11) is 0. The van der Waals surface area contributed by atoms with Crippen molar-refractivity contribution in [2.24, 2.45) is 0 Å². The van der Waals surface area contributed by atoms with Crippen LogP contribution in [0.2, 0.25) is 0 Å². The lowest BCUT2D eigenvalue weighted by molar-refractivity contribution is 0.581. The highest BCUT2D eigenvalue weighted by atomic mass is 32.2. The molecule has 2 N–H and O–H groups in total. The van der Waals surface area contributed by atoms with Crippen molar-refractivity contribution in [3.8, 4) is 0 Å². The first kappa shape index (κ1) is 11.9. The van der Waals surface area contributed by atoms with Gasteiger partial charge in [-0.2, -0.15) is 0 Å². The largest absolute Gasteiger partial charge is 0.395 e. The molecule has 0 bridgehead atoms. The Balaban J connectivity index is 2.40. The van der Waals surface area contributed by atoms with Gasteiger partial charge in [-0.15, -0.1) is 0 Å². The molecule has 2 aromatic rings. The lowest BCUT2D eigenvalue weighted by Crippen LogP contribution is -1.95. The van der Waals surface area contributed by atoms with Gasteiger partial charge in [-0.05, 0) is 24.6 Å². The second-order valence-electron chi connectivity index (χ2n) is 3.67. The van der Waals surface area contributed by atoms with Crippen molar-refractivity contribution < 1.29 is 8.78 Å². The van der Waals surface area contributed by atoms with Crippen molar-refractivity contribution in [3.05, 3.63) is 53.6 Å². The first-order valence-electron chi connectivity index (χ1n) is 5.06. The van der Waals surface area contributed by atoms with E-state index in [0.717, 1.165) is 16.5 Å². The Kier molecular flexibility index (Phi) is 3.33. The second-order valence-corrected chi connectivity index (χ2v) is 4.75. The number of hydrogen-bond acceptors (Lipinski definition) is 2. The summed E-state index contributed by atoms with van der Waals surface area (Å²) >= 11 is 1.26. The summed E-state index contributed by atoms with van der Waals surface area (Å²) in [4.78, 5) is 1.33.